The number of nitrogens with one attached hydrogen (secondary N) is 2. The van der Waals surface area contributed by atoms with Gasteiger partial charge in [-0.3, -0.25) is 9.78 Å². The highest BCUT2D eigenvalue weighted by Crippen LogP contribution is 2.28. The van der Waals surface area contributed by atoms with E-state index in [0.29, 0.717) is 5.69 Å². The maximum absolute atomic E-state index is 12.1. The van der Waals surface area contributed by atoms with E-state index < -0.39 is 0 Å². The summed E-state index contributed by atoms with van der Waals surface area (Å²) in [6, 6.07) is 23.2. The highest BCUT2D eigenvalue weighted by molar-refractivity contribution is 6.06. The monoisotopic (exact) mass is 340 g/mol. The molecule has 5 heteroatoms. The molecular weight excluding hydrogens is 324 g/mol. The number of benzene rings is 2. The third-order valence-electron chi connectivity index (χ3n) is 4.07. The Bertz CT molecular complexity index is 1070. The van der Waals surface area contributed by atoms with Crippen molar-refractivity contribution >= 4 is 23.0 Å². The lowest BCUT2D eigenvalue weighted by molar-refractivity contribution is 0.0950. The zero-order chi connectivity index (χ0) is 17.8. The fraction of sp³-hybridized carbons (Fsp3) is 0. The maximum atomic E-state index is 12.1. The molecule has 126 valence electrons. The van der Waals surface area contributed by atoms with Crippen molar-refractivity contribution in [2.75, 3.05) is 0 Å². The van der Waals surface area contributed by atoms with Crippen LogP contribution in [0.4, 0.5) is 0 Å². The molecule has 5 nitrogen and oxygen atoms in total. The molecule has 1 amide bonds. The van der Waals surface area contributed by atoms with Gasteiger partial charge in [-0.15, -0.1) is 0 Å². The summed E-state index contributed by atoms with van der Waals surface area (Å²) in [5, 5.41) is 5.19. The van der Waals surface area contributed by atoms with Crippen molar-refractivity contribution in [1.29, 1.82) is 0 Å². The number of fused-ring (bicyclic) bond motifs is 1. The molecule has 4 aromatic rings. The molecule has 0 aliphatic rings. The topological polar surface area (TPSA) is 70.1 Å². The van der Waals surface area contributed by atoms with Crippen molar-refractivity contribution in [3.63, 3.8) is 0 Å². The zero-order valence-electron chi connectivity index (χ0n) is 13.9. The number of pyridine rings is 1. The number of aromatic nitrogens is 2. The largest absolute Gasteiger partial charge is 0.354 e. The second-order valence-electron chi connectivity index (χ2n) is 5.74. The molecule has 0 atom stereocenters. The Labute approximate surface area is 150 Å². The van der Waals surface area contributed by atoms with Gasteiger partial charge in [-0.1, -0.05) is 54.6 Å². The van der Waals surface area contributed by atoms with Gasteiger partial charge in [-0.05, 0) is 23.8 Å². The van der Waals surface area contributed by atoms with Crippen LogP contribution in [0.5, 0.6) is 0 Å². The Kier molecular flexibility index (Phi) is 4.26. The lowest BCUT2D eigenvalue weighted by Gasteiger charge is -2.01. The number of para-hydroxylation sites is 1. The summed E-state index contributed by atoms with van der Waals surface area (Å²) >= 11 is 0. The SMILES string of the molecule is O=C(N/N=C/c1c(-c2ccccc2)[nH]c2ccccc12)c1ccccn1. The van der Waals surface area contributed by atoms with E-state index in [1.165, 1.54) is 0 Å². The van der Waals surface area contributed by atoms with Crippen LogP contribution < -0.4 is 5.43 Å². The lowest BCUT2D eigenvalue weighted by Crippen LogP contribution is -2.18. The van der Waals surface area contributed by atoms with Gasteiger partial charge in [0.15, 0.2) is 0 Å². The number of carbonyl (C=O) groups excluding carboxylic acids is 1. The number of amides is 1. The standard InChI is InChI=1S/C21H16N4O/c26-21(19-12-6-7-13-22-19)25-23-14-17-16-10-4-5-11-18(16)24-20(17)15-8-2-1-3-9-15/h1-14,24H,(H,25,26)/b23-14+. The number of hydrogen-bond donors (Lipinski definition) is 2. The van der Waals surface area contributed by atoms with Crippen LogP contribution in [0.2, 0.25) is 0 Å². The van der Waals surface area contributed by atoms with Crippen LogP contribution in [0.1, 0.15) is 16.1 Å². The molecule has 26 heavy (non-hydrogen) atoms. The van der Waals surface area contributed by atoms with E-state index in [0.717, 1.165) is 27.7 Å². The molecule has 0 unspecified atom stereocenters. The summed E-state index contributed by atoms with van der Waals surface area (Å²) in [7, 11) is 0. The van der Waals surface area contributed by atoms with Crippen LogP contribution >= 0.6 is 0 Å². The van der Waals surface area contributed by atoms with E-state index in [4.69, 9.17) is 0 Å². The van der Waals surface area contributed by atoms with Crippen LogP contribution in [0.15, 0.2) is 84.1 Å². The first-order valence-corrected chi connectivity index (χ1v) is 8.23. The van der Waals surface area contributed by atoms with Gasteiger partial charge in [-0.25, -0.2) is 5.43 Å². The van der Waals surface area contributed by atoms with Crippen molar-refractivity contribution in [2.24, 2.45) is 5.10 Å². The third-order valence-corrected chi connectivity index (χ3v) is 4.07. The number of nitrogens with zero attached hydrogens (tertiary/aromatic N) is 2. The van der Waals surface area contributed by atoms with Crippen LogP contribution in [0.25, 0.3) is 22.2 Å². The zero-order valence-corrected chi connectivity index (χ0v) is 13.9. The average molecular weight is 340 g/mol. The predicted octanol–water partition coefficient (Wildman–Crippen LogP) is 3.99. The minimum atomic E-state index is -0.344. The predicted molar refractivity (Wildman–Crippen MR) is 103 cm³/mol. The molecule has 0 fully saturated rings. The van der Waals surface area contributed by atoms with Crippen molar-refractivity contribution in [3.05, 3.63) is 90.3 Å². The molecular formula is C21H16N4O. The maximum Gasteiger partial charge on any atom is 0.289 e. The van der Waals surface area contributed by atoms with Gasteiger partial charge < -0.3 is 4.98 Å². The number of carbonyl (C=O) groups is 1. The van der Waals surface area contributed by atoms with Crippen LogP contribution in [0.3, 0.4) is 0 Å². The van der Waals surface area contributed by atoms with Gasteiger partial charge in [-0.2, -0.15) is 5.10 Å². The van der Waals surface area contributed by atoms with Gasteiger partial charge in [0.2, 0.25) is 0 Å². The van der Waals surface area contributed by atoms with E-state index in [9.17, 15) is 4.79 Å². The van der Waals surface area contributed by atoms with Crippen molar-refractivity contribution in [2.45, 2.75) is 0 Å². The van der Waals surface area contributed by atoms with Crippen molar-refractivity contribution < 1.29 is 4.79 Å². The fourth-order valence-corrected chi connectivity index (χ4v) is 2.84. The molecule has 2 aromatic heterocycles. The number of rotatable bonds is 4. The Morgan fingerprint density at radius 3 is 2.54 bits per heavy atom. The number of H-pyrrole nitrogens is 1. The van der Waals surface area contributed by atoms with E-state index in [-0.39, 0.29) is 5.91 Å². The molecule has 0 bridgehead atoms. The smallest absolute Gasteiger partial charge is 0.289 e. The fourth-order valence-electron chi connectivity index (χ4n) is 2.84. The molecule has 4 rings (SSSR count). The number of hydrazone groups is 1. The Morgan fingerprint density at radius 1 is 0.962 bits per heavy atom. The van der Waals surface area contributed by atoms with Gasteiger partial charge in [0.25, 0.3) is 5.91 Å². The van der Waals surface area contributed by atoms with Crippen LogP contribution in [-0.4, -0.2) is 22.1 Å². The normalized spacial score (nSPS) is 11.1. The van der Waals surface area contributed by atoms with E-state index in [2.05, 4.69) is 20.5 Å². The summed E-state index contributed by atoms with van der Waals surface area (Å²) in [5.41, 5.74) is 6.82. The van der Waals surface area contributed by atoms with Crippen LogP contribution in [-0.2, 0) is 0 Å². The quantitative estimate of drug-likeness (QED) is 0.435. The van der Waals surface area contributed by atoms with Crippen molar-refractivity contribution in [3.8, 4) is 11.3 Å². The minimum absolute atomic E-state index is 0.326. The van der Waals surface area contributed by atoms with Gasteiger partial charge in [0.05, 0.1) is 11.9 Å². The Balaban J connectivity index is 1.68. The number of hydrogen-bond acceptors (Lipinski definition) is 3. The lowest BCUT2D eigenvalue weighted by atomic mass is 10.1. The first kappa shape index (κ1) is 15.8. The molecule has 0 spiro atoms. The molecule has 0 radical (unpaired) electrons. The van der Waals surface area contributed by atoms with E-state index >= 15 is 0 Å². The van der Waals surface area contributed by atoms with E-state index in [1.807, 2.05) is 54.6 Å². The molecule has 2 N–H and O–H groups in total. The van der Waals surface area contributed by atoms with Gasteiger partial charge >= 0.3 is 0 Å². The summed E-state index contributed by atoms with van der Waals surface area (Å²) < 4.78 is 0. The summed E-state index contributed by atoms with van der Waals surface area (Å²) in [4.78, 5) is 19.5. The summed E-state index contributed by atoms with van der Waals surface area (Å²) in [5.74, 6) is -0.344. The summed E-state index contributed by atoms with van der Waals surface area (Å²) in [6.45, 7) is 0. The Morgan fingerprint density at radius 2 is 1.73 bits per heavy atom. The molecule has 0 aliphatic heterocycles. The second-order valence-corrected chi connectivity index (χ2v) is 5.74. The number of aromatic amines is 1. The highest BCUT2D eigenvalue weighted by Gasteiger charge is 2.11. The second kappa shape index (κ2) is 7.03. The molecule has 0 aliphatic carbocycles. The first-order valence-electron chi connectivity index (χ1n) is 8.23. The molecule has 0 saturated carbocycles. The van der Waals surface area contributed by atoms with Crippen molar-refractivity contribution in [1.82, 2.24) is 15.4 Å². The molecule has 0 saturated heterocycles. The average Bonchev–Trinajstić information content (AvgIpc) is 3.08. The molecule has 2 heterocycles. The highest BCUT2D eigenvalue weighted by atomic mass is 16.2. The van der Waals surface area contributed by atoms with Gasteiger partial charge in [0, 0.05) is 22.7 Å². The summed E-state index contributed by atoms with van der Waals surface area (Å²) in [6.07, 6.45) is 3.24. The Hall–Kier alpha value is -3.73. The van der Waals surface area contributed by atoms with Crippen LogP contribution in [0, 0.1) is 0 Å². The van der Waals surface area contributed by atoms with E-state index in [1.54, 1.807) is 30.6 Å². The minimum Gasteiger partial charge on any atom is -0.354 e. The first-order chi connectivity index (χ1) is 12.8. The third kappa shape index (κ3) is 3.10. The molecule has 2 aromatic carbocycles. The van der Waals surface area contributed by atoms with Gasteiger partial charge in [0.1, 0.15) is 5.69 Å².